The summed E-state index contributed by atoms with van der Waals surface area (Å²) in [6.07, 6.45) is 2.07. The van der Waals surface area contributed by atoms with Crippen LogP contribution in [-0.2, 0) is 0 Å². The van der Waals surface area contributed by atoms with E-state index in [4.69, 9.17) is 0 Å². The number of aryl methyl sites for hydroxylation is 1. The number of phenolic OH excluding ortho intramolecular Hbond substituents is 1. The number of carbonyl (C=O) groups excluding carboxylic acids is 1. The Morgan fingerprint density at radius 2 is 2.12 bits per heavy atom. The van der Waals surface area contributed by atoms with Crippen LogP contribution in [0.25, 0.3) is 0 Å². The molecule has 17 heavy (non-hydrogen) atoms. The monoisotopic (exact) mass is 235 g/mol. The van der Waals surface area contributed by atoms with E-state index in [1.807, 2.05) is 13.0 Å². The van der Waals surface area contributed by atoms with Crippen LogP contribution < -0.4 is 5.32 Å². The lowest BCUT2D eigenvalue weighted by Gasteiger charge is -2.08. The molecule has 1 aromatic rings. The first-order valence-electron chi connectivity index (χ1n) is 6.08. The summed E-state index contributed by atoms with van der Waals surface area (Å²) in [4.78, 5) is 11.8. The zero-order chi connectivity index (χ0) is 12.8. The molecule has 0 bridgehead atoms. The highest BCUT2D eigenvalue weighted by molar-refractivity contribution is 5.96. The zero-order valence-electron chi connectivity index (χ0n) is 10.8. The van der Waals surface area contributed by atoms with Crippen molar-refractivity contribution in [3.8, 4) is 5.75 Å². The van der Waals surface area contributed by atoms with Crippen molar-refractivity contribution in [2.45, 2.75) is 33.6 Å². The van der Waals surface area contributed by atoms with Gasteiger partial charge in [-0.1, -0.05) is 19.9 Å². The highest BCUT2D eigenvalue weighted by Gasteiger charge is 2.09. The number of hydrogen-bond acceptors (Lipinski definition) is 2. The fourth-order valence-corrected chi connectivity index (χ4v) is 1.64. The first-order chi connectivity index (χ1) is 8.00. The van der Waals surface area contributed by atoms with Crippen molar-refractivity contribution in [3.63, 3.8) is 0 Å². The van der Waals surface area contributed by atoms with Crippen LogP contribution in [0.2, 0.25) is 0 Å². The van der Waals surface area contributed by atoms with Gasteiger partial charge in [0.05, 0.1) is 5.56 Å². The molecule has 0 saturated heterocycles. The first kappa shape index (κ1) is 13.6. The maximum atomic E-state index is 11.8. The van der Waals surface area contributed by atoms with Crippen LogP contribution in [0, 0.1) is 12.8 Å². The van der Waals surface area contributed by atoms with E-state index in [1.54, 1.807) is 12.1 Å². The first-order valence-corrected chi connectivity index (χ1v) is 6.08. The summed E-state index contributed by atoms with van der Waals surface area (Å²) in [5.74, 6) is 0.497. The Morgan fingerprint density at radius 3 is 2.71 bits per heavy atom. The third-order valence-corrected chi connectivity index (χ3v) is 2.64. The summed E-state index contributed by atoms with van der Waals surface area (Å²) in [5.41, 5.74) is 1.29. The van der Waals surface area contributed by atoms with E-state index in [0.29, 0.717) is 18.0 Å². The maximum Gasteiger partial charge on any atom is 0.255 e. The van der Waals surface area contributed by atoms with Crippen LogP contribution in [0.15, 0.2) is 18.2 Å². The quantitative estimate of drug-likeness (QED) is 0.771. The second-order valence-corrected chi connectivity index (χ2v) is 4.81. The molecule has 0 heterocycles. The van der Waals surface area contributed by atoms with Crippen molar-refractivity contribution in [2.75, 3.05) is 6.54 Å². The summed E-state index contributed by atoms with van der Waals surface area (Å²) in [7, 11) is 0. The second kappa shape index (κ2) is 6.28. The number of amides is 1. The van der Waals surface area contributed by atoms with Gasteiger partial charge in [0.15, 0.2) is 0 Å². The van der Waals surface area contributed by atoms with Gasteiger partial charge < -0.3 is 10.4 Å². The Balaban J connectivity index is 2.47. The minimum atomic E-state index is -0.203. The lowest BCUT2D eigenvalue weighted by molar-refractivity contribution is 0.0950. The van der Waals surface area contributed by atoms with E-state index < -0.39 is 0 Å². The van der Waals surface area contributed by atoms with Gasteiger partial charge in [-0.25, -0.2) is 0 Å². The molecule has 0 unspecified atom stereocenters. The zero-order valence-corrected chi connectivity index (χ0v) is 10.8. The van der Waals surface area contributed by atoms with Gasteiger partial charge in [0.25, 0.3) is 5.91 Å². The lowest BCUT2D eigenvalue weighted by atomic mass is 10.1. The number of benzene rings is 1. The SMILES string of the molecule is Cc1ccc(C(=O)NCCCC(C)C)c(O)c1. The molecule has 0 spiro atoms. The molecule has 0 aromatic heterocycles. The summed E-state index contributed by atoms with van der Waals surface area (Å²) >= 11 is 0. The third-order valence-electron chi connectivity index (χ3n) is 2.64. The molecule has 0 fully saturated rings. The Kier molecular flexibility index (Phi) is 5.01. The topological polar surface area (TPSA) is 49.3 Å². The largest absolute Gasteiger partial charge is 0.507 e. The molecule has 0 aliphatic rings. The van der Waals surface area contributed by atoms with Gasteiger partial charge in [-0.2, -0.15) is 0 Å². The van der Waals surface area contributed by atoms with E-state index in [1.165, 1.54) is 0 Å². The highest BCUT2D eigenvalue weighted by Crippen LogP contribution is 2.18. The normalized spacial score (nSPS) is 10.6. The van der Waals surface area contributed by atoms with Gasteiger partial charge in [0, 0.05) is 6.54 Å². The average Bonchev–Trinajstić information content (AvgIpc) is 2.23. The molecule has 1 aromatic carbocycles. The Morgan fingerprint density at radius 1 is 1.41 bits per heavy atom. The van der Waals surface area contributed by atoms with Crippen molar-refractivity contribution in [1.82, 2.24) is 5.32 Å². The van der Waals surface area contributed by atoms with Crippen molar-refractivity contribution in [2.24, 2.45) is 5.92 Å². The van der Waals surface area contributed by atoms with Crippen LogP contribution in [0.3, 0.4) is 0 Å². The summed E-state index contributed by atoms with van der Waals surface area (Å²) in [5, 5.41) is 12.5. The minimum Gasteiger partial charge on any atom is -0.507 e. The molecular weight excluding hydrogens is 214 g/mol. The number of carbonyl (C=O) groups is 1. The minimum absolute atomic E-state index is 0.0476. The molecule has 0 aliphatic heterocycles. The number of nitrogens with one attached hydrogen (secondary N) is 1. The molecule has 1 rings (SSSR count). The maximum absolute atomic E-state index is 11.8. The van der Waals surface area contributed by atoms with Crippen molar-refractivity contribution >= 4 is 5.91 Å². The van der Waals surface area contributed by atoms with E-state index >= 15 is 0 Å². The predicted octanol–water partition coefficient (Wildman–Crippen LogP) is 2.87. The molecule has 94 valence electrons. The number of rotatable bonds is 5. The van der Waals surface area contributed by atoms with Crippen molar-refractivity contribution in [3.05, 3.63) is 29.3 Å². The van der Waals surface area contributed by atoms with Gasteiger partial charge in [-0.05, 0) is 43.4 Å². The fraction of sp³-hybridized carbons (Fsp3) is 0.500. The lowest BCUT2D eigenvalue weighted by Crippen LogP contribution is -2.24. The molecule has 3 nitrogen and oxygen atoms in total. The number of phenols is 1. The van der Waals surface area contributed by atoms with E-state index in [-0.39, 0.29) is 11.7 Å². The molecule has 0 radical (unpaired) electrons. The standard InChI is InChI=1S/C14H21NO2/c1-10(2)5-4-8-15-14(17)12-7-6-11(3)9-13(12)16/h6-7,9-10,16H,4-5,8H2,1-3H3,(H,15,17). The van der Waals surface area contributed by atoms with E-state index in [2.05, 4.69) is 19.2 Å². The molecule has 0 aliphatic carbocycles. The van der Waals surface area contributed by atoms with Gasteiger partial charge in [-0.3, -0.25) is 4.79 Å². The molecule has 0 saturated carbocycles. The smallest absolute Gasteiger partial charge is 0.255 e. The van der Waals surface area contributed by atoms with E-state index in [9.17, 15) is 9.90 Å². The molecule has 0 atom stereocenters. The molecule has 1 amide bonds. The van der Waals surface area contributed by atoms with Gasteiger partial charge in [-0.15, -0.1) is 0 Å². The van der Waals surface area contributed by atoms with Gasteiger partial charge >= 0.3 is 0 Å². The molecule has 2 N–H and O–H groups in total. The van der Waals surface area contributed by atoms with Crippen molar-refractivity contribution < 1.29 is 9.90 Å². The summed E-state index contributed by atoms with van der Waals surface area (Å²) < 4.78 is 0. The van der Waals surface area contributed by atoms with Crippen LogP contribution in [0.1, 0.15) is 42.6 Å². The predicted molar refractivity (Wildman–Crippen MR) is 69.2 cm³/mol. The van der Waals surface area contributed by atoms with E-state index in [0.717, 1.165) is 18.4 Å². The van der Waals surface area contributed by atoms with Crippen LogP contribution in [0.5, 0.6) is 5.75 Å². The Hall–Kier alpha value is -1.51. The Bertz CT molecular complexity index is 386. The molecule has 3 heteroatoms. The second-order valence-electron chi connectivity index (χ2n) is 4.81. The molecular formula is C14H21NO2. The average molecular weight is 235 g/mol. The Labute approximate surface area is 103 Å². The van der Waals surface area contributed by atoms with Gasteiger partial charge in [0.1, 0.15) is 5.75 Å². The van der Waals surface area contributed by atoms with Crippen LogP contribution in [0.4, 0.5) is 0 Å². The number of aromatic hydroxyl groups is 1. The fourth-order valence-electron chi connectivity index (χ4n) is 1.64. The third kappa shape index (κ3) is 4.47. The number of hydrogen-bond donors (Lipinski definition) is 2. The highest BCUT2D eigenvalue weighted by atomic mass is 16.3. The van der Waals surface area contributed by atoms with Crippen LogP contribution >= 0.6 is 0 Å². The van der Waals surface area contributed by atoms with Gasteiger partial charge in [0.2, 0.25) is 0 Å². The summed E-state index contributed by atoms with van der Waals surface area (Å²) in [6, 6.07) is 5.08. The van der Waals surface area contributed by atoms with Crippen LogP contribution in [-0.4, -0.2) is 17.6 Å². The van der Waals surface area contributed by atoms with Crippen molar-refractivity contribution in [1.29, 1.82) is 0 Å². The summed E-state index contributed by atoms with van der Waals surface area (Å²) in [6.45, 7) is 6.86.